The molecule has 0 unspecified atom stereocenters. The smallest absolute Gasteiger partial charge is 0.122 e. The van der Waals surface area contributed by atoms with Gasteiger partial charge in [-0.1, -0.05) is 18.2 Å². The lowest BCUT2D eigenvalue weighted by atomic mass is 9.98. The lowest BCUT2D eigenvalue weighted by Gasteiger charge is -2.23. The predicted octanol–water partition coefficient (Wildman–Crippen LogP) is 1.23. The number of benzene rings is 1. The summed E-state index contributed by atoms with van der Waals surface area (Å²) in [6.45, 7) is 0.863. The number of rotatable bonds is 1. The van der Waals surface area contributed by atoms with Crippen molar-refractivity contribution in [1.29, 1.82) is 0 Å². The molecule has 1 N–H and O–H groups in total. The third kappa shape index (κ3) is 1.30. The van der Waals surface area contributed by atoms with Crippen molar-refractivity contribution < 1.29 is 9.84 Å². The molecule has 1 aliphatic heterocycles. The lowest BCUT2D eigenvalue weighted by Crippen LogP contribution is -2.23. The molecule has 1 atom stereocenters. The fourth-order valence-electron chi connectivity index (χ4n) is 1.51. The van der Waals surface area contributed by atoms with Gasteiger partial charge in [-0.25, -0.2) is 0 Å². The summed E-state index contributed by atoms with van der Waals surface area (Å²) in [6.07, 6.45) is 0.937. The van der Waals surface area contributed by atoms with Crippen molar-refractivity contribution in [3.8, 4) is 5.75 Å². The fourth-order valence-corrected chi connectivity index (χ4v) is 1.51. The second-order valence-electron chi connectivity index (χ2n) is 3.17. The molecule has 1 aromatic rings. The second-order valence-corrected chi connectivity index (χ2v) is 3.17. The Bertz CT molecular complexity index is 270. The van der Waals surface area contributed by atoms with Crippen molar-refractivity contribution in [2.75, 3.05) is 13.2 Å². The standard InChI is InChI=1S/C10H12O2/c11-6-8-5-9-3-1-2-4-10(9)12-7-8/h1-4,8,11H,5-7H2/t8-/m0/s1. The maximum Gasteiger partial charge on any atom is 0.122 e. The van der Waals surface area contributed by atoms with Crippen LogP contribution < -0.4 is 4.74 Å². The zero-order chi connectivity index (χ0) is 8.39. The van der Waals surface area contributed by atoms with Crippen LogP contribution in [0.15, 0.2) is 24.3 Å². The van der Waals surface area contributed by atoms with Crippen molar-refractivity contribution in [3.63, 3.8) is 0 Å². The SMILES string of the molecule is OC[C@H]1COc2ccccc2C1. The van der Waals surface area contributed by atoms with E-state index in [1.165, 1.54) is 5.56 Å². The van der Waals surface area contributed by atoms with Crippen molar-refractivity contribution >= 4 is 0 Å². The van der Waals surface area contributed by atoms with Gasteiger partial charge in [-0.3, -0.25) is 0 Å². The van der Waals surface area contributed by atoms with Crippen molar-refractivity contribution in [3.05, 3.63) is 29.8 Å². The Labute approximate surface area is 71.8 Å². The van der Waals surface area contributed by atoms with Crippen LogP contribution in [-0.4, -0.2) is 18.3 Å². The molecule has 0 amide bonds. The van der Waals surface area contributed by atoms with E-state index >= 15 is 0 Å². The molecule has 2 nitrogen and oxygen atoms in total. The molecule has 0 saturated heterocycles. The van der Waals surface area contributed by atoms with E-state index in [2.05, 4.69) is 6.07 Å². The van der Waals surface area contributed by atoms with Crippen LogP contribution in [-0.2, 0) is 6.42 Å². The van der Waals surface area contributed by atoms with Crippen molar-refractivity contribution in [2.45, 2.75) is 6.42 Å². The third-order valence-corrected chi connectivity index (χ3v) is 2.21. The molecule has 0 bridgehead atoms. The van der Waals surface area contributed by atoms with Gasteiger partial charge in [-0.2, -0.15) is 0 Å². The zero-order valence-electron chi connectivity index (χ0n) is 6.86. The summed E-state index contributed by atoms with van der Waals surface area (Å²) < 4.78 is 5.47. The highest BCUT2D eigenvalue weighted by atomic mass is 16.5. The van der Waals surface area contributed by atoms with Gasteiger partial charge in [0, 0.05) is 12.5 Å². The molecule has 0 radical (unpaired) electrons. The van der Waals surface area contributed by atoms with Crippen molar-refractivity contribution in [1.82, 2.24) is 0 Å². The summed E-state index contributed by atoms with van der Waals surface area (Å²) in [4.78, 5) is 0. The second kappa shape index (κ2) is 3.15. The normalized spacial score (nSPS) is 21.2. The first kappa shape index (κ1) is 7.62. The van der Waals surface area contributed by atoms with E-state index in [-0.39, 0.29) is 12.5 Å². The molecule has 0 saturated carbocycles. The summed E-state index contributed by atoms with van der Waals surface area (Å²) in [5.41, 5.74) is 1.21. The summed E-state index contributed by atoms with van der Waals surface area (Å²) >= 11 is 0. The van der Waals surface area contributed by atoms with Gasteiger partial charge >= 0.3 is 0 Å². The van der Waals surface area contributed by atoms with Crippen LogP contribution >= 0.6 is 0 Å². The highest BCUT2D eigenvalue weighted by Gasteiger charge is 2.17. The molecule has 1 aromatic carbocycles. The highest BCUT2D eigenvalue weighted by Crippen LogP contribution is 2.26. The average Bonchev–Trinajstić information content (AvgIpc) is 2.17. The van der Waals surface area contributed by atoms with E-state index in [0.29, 0.717) is 6.61 Å². The Hall–Kier alpha value is -1.02. The summed E-state index contributed by atoms with van der Waals surface area (Å²) in [5.74, 6) is 1.25. The first-order chi connectivity index (χ1) is 5.90. The van der Waals surface area contributed by atoms with Gasteiger partial charge < -0.3 is 9.84 Å². The molecule has 0 spiro atoms. The van der Waals surface area contributed by atoms with E-state index < -0.39 is 0 Å². The zero-order valence-corrected chi connectivity index (χ0v) is 6.86. The van der Waals surface area contributed by atoms with Crippen LogP contribution in [0.3, 0.4) is 0 Å². The van der Waals surface area contributed by atoms with E-state index in [4.69, 9.17) is 9.84 Å². The maximum absolute atomic E-state index is 8.94. The summed E-state index contributed by atoms with van der Waals surface area (Å²) in [7, 11) is 0. The average molecular weight is 164 g/mol. The van der Waals surface area contributed by atoms with Crippen LogP contribution in [0.2, 0.25) is 0 Å². The van der Waals surface area contributed by atoms with E-state index in [9.17, 15) is 0 Å². The molecule has 1 heterocycles. The molecular formula is C10H12O2. The molecule has 1 aliphatic rings. The molecular weight excluding hydrogens is 152 g/mol. The van der Waals surface area contributed by atoms with Gasteiger partial charge in [-0.15, -0.1) is 0 Å². The van der Waals surface area contributed by atoms with Crippen LogP contribution in [0.1, 0.15) is 5.56 Å². The van der Waals surface area contributed by atoms with Gasteiger partial charge in [0.25, 0.3) is 0 Å². The Morgan fingerprint density at radius 2 is 2.25 bits per heavy atom. The minimum Gasteiger partial charge on any atom is -0.493 e. The van der Waals surface area contributed by atoms with E-state index in [1.807, 2.05) is 18.2 Å². The monoisotopic (exact) mass is 164 g/mol. The first-order valence-electron chi connectivity index (χ1n) is 4.21. The van der Waals surface area contributed by atoms with Crippen LogP contribution in [0.4, 0.5) is 0 Å². The predicted molar refractivity (Wildman–Crippen MR) is 46.2 cm³/mol. The summed E-state index contributed by atoms with van der Waals surface area (Å²) in [6, 6.07) is 8.00. The lowest BCUT2D eigenvalue weighted by molar-refractivity contribution is 0.147. The molecule has 0 fully saturated rings. The Kier molecular flexibility index (Phi) is 2.00. The van der Waals surface area contributed by atoms with E-state index in [0.717, 1.165) is 12.2 Å². The highest BCUT2D eigenvalue weighted by molar-refractivity contribution is 5.34. The molecule has 0 aliphatic carbocycles. The number of aliphatic hydroxyl groups is 1. The maximum atomic E-state index is 8.94. The van der Waals surface area contributed by atoms with Gasteiger partial charge in [0.15, 0.2) is 0 Å². The minimum atomic E-state index is 0.217. The largest absolute Gasteiger partial charge is 0.493 e. The number of para-hydroxylation sites is 1. The number of hydrogen-bond acceptors (Lipinski definition) is 2. The van der Waals surface area contributed by atoms with E-state index in [1.54, 1.807) is 0 Å². The number of hydrogen-bond donors (Lipinski definition) is 1. The number of ether oxygens (including phenoxy) is 1. The van der Waals surface area contributed by atoms with Crippen molar-refractivity contribution in [2.24, 2.45) is 5.92 Å². The summed E-state index contributed by atoms with van der Waals surface area (Å²) in [5, 5.41) is 8.94. The first-order valence-corrected chi connectivity index (χ1v) is 4.21. The van der Waals surface area contributed by atoms with Gasteiger partial charge in [0.05, 0.1) is 6.61 Å². The number of fused-ring (bicyclic) bond motifs is 1. The van der Waals surface area contributed by atoms with Crippen LogP contribution in [0.25, 0.3) is 0 Å². The van der Waals surface area contributed by atoms with Gasteiger partial charge in [0.1, 0.15) is 5.75 Å². The molecule has 2 heteroatoms. The van der Waals surface area contributed by atoms with Gasteiger partial charge in [-0.05, 0) is 18.1 Å². The molecule has 12 heavy (non-hydrogen) atoms. The van der Waals surface area contributed by atoms with Gasteiger partial charge in [0.2, 0.25) is 0 Å². The third-order valence-electron chi connectivity index (χ3n) is 2.21. The van der Waals surface area contributed by atoms with Crippen LogP contribution in [0.5, 0.6) is 5.75 Å². The number of aliphatic hydroxyl groups excluding tert-OH is 1. The topological polar surface area (TPSA) is 29.5 Å². The Balaban J connectivity index is 2.23. The minimum absolute atomic E-state index is 0.217. The fraction of sp³-hybridized carbons (Fsp3) is 0.400. The molecule has 2 rings (SSSR count). The Morgan fingerprint density at radius 3 is 3.08 bits per heavy atom. The molecule has 64 valence electrons. The Morgan fingerprint density at radius 1 is 1.42 bits per heavy atom. The van der Waals surface area contributed by atoms with Crippen LogP contribution in [0, 0.1) is 5.92 Å². The molecule has 0 aromatic heterocycles. The quantitative estimate of drug-likeness (QED) is 0.676.